The van der Waals surface area contributed by atoms with Crippen molar-refractivity contribution in [2.24, 2.45) is 5.73 Å². The molecule has 0 amide bonds. The molecule has 0 radical (unpaired) electrons. The monoisotopic (exact) mass is 232 g/mol. The van der Waals surface area contributed by atoms with Gasteiger partial charge in [-0.25, -0.2) is 0 Å². The van der Waals surface area contributed by atoms with E-state index in [0.29, 0.717) is 0 Å². The average molecular weight is 232 g/mol. The van der Waals surface area contributed by atoms with Crippen molar-refractivity contribution in [1.29, 1.82) is 0 Å². The summed E-state index contributed by atoms with van der Waals surface area (Å²) in [4.78, 5) is 2.61. The van der Waals surface area contributed by atoms with Gasteiger partial charge in [-0.2, -0.15) is 11.8 Å². The van der Waals surface area contributed by atoms with E-state index in [-0.39, 0.29) is 0 Å². The maximum atomic E-state index is 5.47. The van der Waals surface area contributed by atoms with Gasteiger partial charge in [0.1, 0.15) is 0 Å². The molecule has 0 spiro atoms. The SMILES string of the molecule is CCCCN(CCCC)CCSCCN. The minimum absolute atomic E-state index is 0.814. The van der Waals surface area contributed by atoms with Crippen LogP contribution in [-0.4, -0.2) is 42.6 Å². The van der Waals surface area contributed by atoms with Crippen LogP contribution in [0.15, 0.2) is 0 Å². The molecule has 0 aliphatic carbocycles. The van der Waals surface area contributed by atoms with E-state index in [1.165, 1.54) is 51.1 Å². The van der Waals surface area contributed by atoms with E-state index in [0.717, 1.165) is 12.3 Å². The molecule has 0 rings (SSSR count). The Balaban J connectivity index is 3.49. The lowest BCUT2D eigenvalue weighted by Gasteiger charge is -2.21. The van der Waals surface area contributed by atoms with Crippen LogP contribution in [0.5, 0.6) is 0 Å². The molecule has 0 bridgehead atoms. The molecule has 0 aliphatic heterocycles. The van der Waals surface area contributed by atoms with Crippen LogP contribution in [0.2, 0.25) is 0 Å². The third-order valence-corrected chi connectivity index (χ3v) is 3.47. The van der Waals surface area contributed by atoms with Crippen molar-refractivity contribution in [3.05, 3.63) is 0 Å². The third kappa shape index (κ3) is 10.6. The molecular weight excluding hydrogens is 204 g/mol. The third-order valence-electron chi connectivity index (χ3n) is 2.47. The van der Waals surface area contributed by atoms with Crippen LogP contribution in [0.3, 0.4) is 0 Å². The first-order valence-corrected chi connectivity index (χ1v) is 7.50. The predicted octanol–water partition coefficient (Wildman–Crippen LogP) is 2.58. The van der Waals surface area contributed by atoms with E-state index in [4.69, 9.17) is 5.73 Å². The van der Waals surface area contributed by atoms with Crippen LogP contribution >= 0.6 is 11.8 Å². The Morgan fingerprint density at radius 2 is 1.53 bits per heavy atom. The van der Waals surface area contributed by atoms with Gasteiger partial charge in [0.15, 0.2) is 0 Å². The van der Waals surface area contributed by atoms with Crippen molar-refractivity contribution in [2.45, 2.75) is 39.5 Å². The molecule has 0 saturated heterocycles. The first kappa shape index (κ1) is 15.3. The van der Waals surface area contributed by atoms with Crippen LogP contribution in [0.1, 0.15) is 39.5 Å². The second kappa shape index (κ2) is 12.3. The summed E-state index contributed by atoms with van der Waals surface area (Å²) in [7, 11) is 0. The summed E-state index contributed by atoms with van der Waals surface area (Å²) in [6.07, 6.45) is 5.29. The summed E-state index contributed by atoms with van der Waals surface area (Å²) in [6.45, 7) is 9.14. The Hall–Kier alpha value is 0.270. The Kier molecular flexibility index (Phi) is 12.6. The number of hydrogen-bond acceptors (Lipinski definition) is 3. The molecule has 2 nitrogen and oxygen atoms in total. The zero-order valence-corrected chi connectivity index (χ0v) is 11.3. The molecular formula is C12H28N2S. The highest BCUT2D eigenvalue weighted by atomic mass is 32.2. The van der Waals surface area contributed by atoms with Gasteiger partial charge in [0.25, 0.3) is 0 Å². The van der Waals surface area contributed by atoms with Crippen molar-refractivity contribution in [3.63, 3.8) is 0 Å². The molecule has 0 atom stereocenters. The Morgan fingerprint density at radius 3 is 2.00 bits per heavy atom. The molecule has 0 unspecified atom stereocenters. The van der Waals surface area contributed by atoms with Crippen LogP contribution in [-0.2, 0) is 0 Å². The molecule has 0 fully saturated rings. The largest absolute Gasteiger partial charge is 0.330 e. The highest BCUT2D eigenvalue weighted by Gasteiger charge is 2.02. The molecule has 0 heterocycles. The van der Waals surface area contributed by atoms with Crippen molar-refractivity contribution in [2.75, 3.05) is 37.7 Å². The molecule has 0 aromatic carbocycles. The molecule has 0 aromatic rings. The standard InChI is InChI=1S/C12H28N2S/c1-3-5-8-14(9-6-4-2)10-12-15-11-7-13/h3-13H2,1-2H3. The highest BCUT2D eigenvalue weighted by molar-refractivity contribution is 7.99. The molecule has 3 heteroatoms. The number of thioether (sulfide) groups is 1. The minimum atomic E-state index is 0.814. The lowest BCUT2D eigenvalue weighted by atomic mass is 10.2. The lowest BCUT2D eigenvalue weighted by molar-refractivity contribution is 0.281. The second-order valence-corrected chi connectivity index (χ2v) is 5.17. The second-order valence-electron chi connectivity index (χ2n) is 3.95. The zero-order valence-electron chi connectivity index (χ0n) is 10.5. The van der Waals surface area contributed by atoms with Gasteiger partial charge in [-0.05, 0) is 25.9 Å². The Labute approximate surface area is 100.0 Å². The predicted molar refractivity (Wildman–Crippen MR) is 72.6 cm³/mol. The fourth-order valence-electron chi connectivity index (χ4n) is 1.48. The van der Waals surface area contributed by atoms with Gasteiger partial charge in [-0.1, -0.05) is 26.7 Å². The van der Waals surface area contributed by atoms with Crippen molar-refractivity contribution >= 4 is 11.8 Å². The average Bonchev–Trinajstić information content (AvgIpc) is 2.27. The van der Waals surface area contributed by atoms with Gasteiger partial charge >= 0.3 is 0 Å². The summed E-state index contributed by atoms with van der Waals surface area (Å²) < 4.78 is 0. The number of nitrogens with two attached hydrogens (primary N) is 1. The van der Waals surface area contributed by atoms with Gasteiger partial charge in [0.2, 0.25) is 0 Å². The summed E-state index contributed by atoms with van der Waals surface area (Å²) in [5.41, 5.74) is 5.47. The zero-order chi connectivity index (χ0) is 11.4. The molecule has 0 saturated carbocycles. The number of unbranched alkanes of at least 4 members (excludes halogenated alkanes) is 2. The maximum absolute atomic E-state index is 5.47. The fourth-order valence-corrected chi connectivity index (χ4v) is 2.24. The van der Waals surface area contributed by atoms with Gasteiger partial charge in [0.05, 0.1) is 0 Å². The first-order valence-electron chi connectivity index (χ1n) is 6.35. The number of rotatable bonds is 11. The lowest BCUT2D eigenvalue weighted by Crippen LogP contribution is -2.28. The van der Waals surface area contributed by atoms with Crippen molar-refractivity contribution in [1.82, 2.24) is 4.90 Å². The minimum Gasteiger partial charge on any atom is -0.330 e. The summed E-state index contributed by atoms with van der Waals surface area (Å²) in [5.74, 6) is 2.35. The highest BCUT2D eigenvalue weighted by Crippen LogP contribution is 2.03. The van der Waals surface area contributed by atoms with E-state index in [1.807, 2.05) is 11.8 Å². The topological polar surface area (TPSA) is 29.3 Å². The molecule has 0 aliphatic rings. The summed E-state index contributed by atoms with van der Waals surface area (Å²) in [5, 5.41) is 0. The van der Waals surface area contributed by atoms with Crippen LogP contribution in [0.4, 0.5) is 0 Å². The van der Waals surface area contributed by atoms with E-state index >= 15 is 0 Å². The molecule has 2 N–H and O–H groups in total. The summed E-state index contributed by atoms with van der Waals surface area (Å²) in [6, 6.07) is 0. The van der Waals surface area contributed by atoms with Crippen LogP contribution < -0.4 is 5.73 Å². The van der Waals surface area contributed by atoms with Gasteiger partial charge < -0.3 is 10.6 Å². The van der Waals surface area contributed by atoms with E-state index in [1.54, 1.807) is 0 Å². The normalized spacial score (nSPS) is 11.2. The molecule has 0 aromatic heterocycles. The first-order chi connectivity index (χ1) is 7.35. The number of nitrogens with zero attached hydrogens (tertiary/aromatic N) is 1. The quantitative estimate of drug-likeness (QED) is 0.555. The maximum Gasteiger partial charge on any atom is 0.00723 e. The van der Waals surface area contributed by atoms with Crippen molar-refractivity contribution in [3.8, 4) is 0 Å². The van der Waals surface area contributed by atoms with Gasteiger partial charge in [-0.15, -0.1) is 0 Å². The van der Waals surface area contributed by atoms with Crippen LogP contribution in [0.25, 0.3) is 0 Å². The molecule has 92 valence electrons. The van der Waals surface area contributed by atoms with Gasteiger partial charge in [-0.3, -0.25) is 0 Å². The van der Waals surface area contributed by atoms with Gasteiger partial charge in [0, 0.05) is 24.6 Å². The Morgan fingerprint density at radius 1 is 0.933 bits per heavy atom. The smallest absolute Gasteiger partial charge is 0.00723 e. The number of hydrogen-bond donors (Lipinski definition) is 1. The van der Waals surface area contributed by atoms with E-state index in [9.17, 15) is 0 Å². The van der Waals surface area contributed by atoms with Crippen molar-refractivity contribution < 1.29 is 0 Å². The van der Waals surface area contributed by atoms with E-state index in [2.05, 4.69) is 18.7 Å². The Bertz CT molecular complexity index is 112. The fraction of sp³-hybridized carbons (Fsp3) is 1.00. The molecule has 15 heavy (non-hydrogen) atoms. The van der Waals surface area contributed by atoms with E-state index < -0.39 is 0 Å². The van der Waals surface area contributed by atoms with Crippen LogP contribution in [0, 0.1) is 0 Å². The summed E-state index contributed by atoms with van der Waals surface area (Å²) >= 11 is 1.98.